The van der Waals surface area contributed by atoms with Gasteiger partial charge in [0.1, 0.15) is 25.0 Å². The number of para-hydroxylation sites is 1. The second-order valence-electron chi connectivity index (χ2n) is 7.86. The molecule has 1 fully saturated rings. The van der Waals surface area contributed by atoms with Crippen molar-refractivity contribution in [3.8, 4) is 5.75 Å². The van der Waals surface area contributed by atoms with Crippen molar-refractivity contribution in [3.05, 3.63) is 54.6 Å². The van der Waals surface area contributed by atoms with E-state index >= 15 is 0 Å². The number of amides is 2. The summed E-state index contributed by atoms with van der Waals surface area (Å²) in [6.45, 7) is 4.60. The van der Waals surface area contributed by atoms with E-state index in [1.165, 1.54) is 12.8 Å². The van der Waals surface area contributed by atoms with Gasteiger partial charge >= 0.3 is 0 Å². The third-order valence-electron chi connectivity index (χ3n) is 5.29. The molecule has 2 aromatic rings. The van der Waals surface area contributed by atoms with E-state index < -0.39 is 6.04 Å². The Hall–Kier alpha value is -3.06. The summed E-state index contributed by atoms with van der Waals surface area (Å²) < 4.78 is 10.9. The quantitative estimate of drug-likeness (QED) is 0.494. The SMILES string of the molecule is CCCC(NC(=O)COCCOc1ccccc1)C(=O)Nc1cccc(N2CCCC2)c1. The number of benzene rings is 2. The highest BCUT2D eigenvalue weighted by molar-refractivity contribution is 5.97. The van der Waals surface area contributed by atoms with Gasteiger partial charge in [-0.1, -0.05) is 37.6 Å². The number of rotatable bonds is 12. The van der Waals surface area contributed by atoms with Crippen LogP contribution < -0.4 is 20.3 Å². The van der Waals surface area contributed by atoms with E-state index in [0.717, 1.165) is 36.6 Å². The average Bonchev–Trinajstić information content (AvgIpc) is 3.34. The smallest absolute Gasteiger partial charge is 0.246 e. The largest absolute Gasteiger partial charge is 0.491 e. The molecule has 32 heavy (non-hydrogen) atoms. The van der Waals surface area contributed by atoms with Crippen LogP contribution in [0, 0.1) is 0 Å². The molecule has 0 bridgehead atoms. The fraction of sp³-hybridized carbons (Fsp3) is 0.440. The number of carbonyl (C=O) groups is 2. The maximum atomic E-state index is 12.8. The lowest BCUT2D eigenvalue weighted by Crippen LogP contribution is -2.45. The summed E-state index contributed by atoms with van der Waals surface area (Å²) in [5.41, 5.74) is 1.85. The lowest BCUT2D eigenvalue weighted by Gasteiger charge is -2.20. The van der Waals surface area contributed by atoms with Crippen molar-refractivity contribution in [2.75, 3.05) is 43.1 Å². The van der Waals surface area contributed by atoms with Crippen molar-refractivity contribution in [3.63, 3.8) is 0 Å². The summed E-state index contributed by atoms with van der Waals surface area (Å²) in [6, 6.07) is 16.7. The minimum atomic E-state index is -0.605. The van der Waals surface area contributed by atoms with Crippen LogP contribution in [0.4, 0.5) is 11.4 Å². The molecule has 1 aliphatic heterocycles. The van der Waals surface area contributed by atoms with Crippen LogP contribution in [0.2, 0.25) is 0 Å². The minimum Gasteiger partial charge on any atom is -0.491 e. The van der Waals surface area contributed by atoms with Gasteiger partial charge in [-0.05, 0) is 49.6 Å². The molecular formula is C25H33N3O4. The molecule has 7 nitrogen and oxygen atoms in total. The maximum absolute atomic E-state index is 12.8. The Balaban J connectivity index is 1.43. The first-order valence-corrected chi connectivity index (χ1v) is 11.4. The first-order chi connectivity index (χ1) is 15.7. The predicted molar refractivity (Wildman–Crippen MR) is 126 cm³/mol. The molecule has 1 unspecified atom stereocenters. The Labute approximate surface area is 190 Å². The molecule has 0 aromatic heterocycles. The van der Waals surface area contributed by atoms with E-state index in [2.05, 4.69) is 21.6 Å². The third-order valence-corrected chi connectivity index (χ3v) is 5.29. The predicted octanol–water partition coefficient (Wildman–Crippen LogP) is 3.61. The molecule has 2 aromatic carbocycles. The van der Waals surface area contributed by atoms with Gasteiger partial charge in [-0.3, -0.25) is 9.59 Å². The van der Waals surface area contributed by atoms with E-state index in [1.54, 1.807) is 0 Å². The van der Waals surface area contributed by atoms with Crippen molar-refractivity contribution in [1.29, 1.82) is 0 Å². The average molecular weight is 440 g/mol. The monoisotopic (exact) mass is 439 g/mol. The number of hydrogen-bond donors (Lipinski definition) is 2. The fourth-order valence-corrected chi connectivity index (χ4v) is 3.68. The fourth-order valence-electron chi connectivity index (χ4n) is 3.68. The van der Waals surface area contributed by atoms with Crippen LogP contribution in [0.1, 0.15) is 32.6 Å². The molecular weight excluding hydrogens is 406 g/mol. The van der Waals surface area contributed by atoms with Gasteiger partial charge in [-0.15, -0.1) is 0 Å². The van der Waals surface area contributed by atoms with Crippen molar-refractivity contribution >= 4 is 23.2 Å². The number of anilines is 2. The first-order valence-electron chi connectivity index (χ1n) is 11.4. The number of nitrogens with zero attached hydrogens (tertiary/aromatic N) is 1. The first kappa shape index (κ1) is 23.6. The van der Waals surface area contributed by atoms with Gasteiger partial charge in [0, 0.05) is 24.5 Å². The normalized spacial score (nSPS) is 14.1. The van der Waals surface area contributed by atoms with E-state index in [9.17, 15) is 9.59 Å². The molecule has 2 N–H and O–H groups in total. The molecule has 2 amide bonds. The summed E-state index contributed by atoms with van der Waals surface area (Å²) in [5.74, 6) is 0.226. The second-order valence-corrected chi connectivity index (χ2v) is 7.86. The van der Waals surface area contributed by atoms with E-state index in [1.807, 2.05) is 55.5 Å². The number of nitrogens with one attached hydrogen (secondary N) is 2. The highest BCUT2D eigenvalue weighted by Crippen LogP contribution is 2.23. The summed E-state index contributed by atoms with van der Waals surface area (Å²) >= 11 is 0. The van der Waals surface area contributed by atoms with Crippen LogP contribution in [0.25, 0.3) is 0 Å². The van der Waals surface area contributed by atoms with Crippen LogP contribution in [0.15, 0.2) is 54.6 Å². The molecule has 1 heterocycles. The molecule has 1 saturated heterocycles. The molecule has 7 heteroatoms. The topological polar surface area (TPSA) is 79.9 Å². The van der Waals surface area contributed by atoms with Crippen molar-refractivity contribution < 1.29 is 19.1 Å². The Kier molecular flexibility index (Phi) is 9.37. The zero-order chi connectivity index (χ0) is 22.6. The molecule has 0 spiro atoms. The highest BCUT2D eigenvalue weighted by Gasteiger charge is 2.20. The van der Waals surface area contributed by atoms with Gasteiger partial charge in [0.2, 0.25) is 11.8 Å². The van der Waals surface area contributed by atoms with E-state index in [4.69, 9.17) is 9.47 Å². The van der Waals surface area contributed by atoms with Gasteiger partial charge in [-0.2, -0.15) is 0 Å². The third kappa shape index (κ3) is 7.57. The molecule has 0 aliphatic carbocycles. The molecule has 1 aliphatic rings. The van der Waals surface area contributed by atoms with E-state index in [-0.39, 0.29) is 25.0 Å². The number of carbonyl (C=O) groups excluding carboxylic acids is 2. The molecule has 0 radical (unpaired) electrons. The van der Waals surface area contributed by atoms with Crippen LogP contribution in [-0.2, 0) is 14.3 Å². The minimum absolute atomic E-state index is 0.115. The summed E-state index contributed by atoms with van der Waals surface area (Å²) in [4.78, 5) is 27.4. The van der Waals surface area contributed by atoms with E-state index in [0.29, 0.717) is 13.0 Å². The lowest BCUT2D eigenvalue weighted by atomic mass is 10.1. The van der Waals surface area contributed by atoms with Crippen LogP contribution >= 0.6 is 0 Å². The van der Waals surface area contributed by atoms with Gasteiger partial charge in [0.25, 0.3) is 0 Å². The number of hydrogen-bond acceptors (Lipinski definition) is 5. The molecule has 3 rings (SSSR count). The van der Waals surface area contributed by atoms with Gasteiger partial charge in [0.15, 0.2) is 0 Å². The molecule has 0 saturated carbocycles. The van der Waals surface area contributed by atoms with Crippen LogP contribution in [-0.4, -0.2) is 50.8 Å². The molecule has 1 atom stereocenters. The van der Waals surface area contributed by atoms with Gasteiger partial charge in [-0.25, -0.2) is 0 Å². The standard InChI is InChI=1S/C25H33N3O4/c1-2-9-23(27-24(29)19-31-16-17-32-22-12-4-3-5-13-22)25(30)26-20-10-8-11-21(18-20)28-14-6-7-15-28/h3-5,8,10-13,18,23H,2,6-7,9,14-17,19H2,1H3,(H,26,30)(H,27,29). The molecule has 172 valence electrons. The highest BCUT2D eigenvalue weighted by atomic mass is 16.5. The Bertz CT molecular complexity index is 853. The summed E-state index contributed by atoms with van der Waals surface area (Å²) in [5, 5.41) is 5.74. The van der Waals surface area contributed by atoms with Crippen molar-refractivity contribution in [2.45, 2.75) is 38.6 Å². The number of ether oxygens (including phenoxy) is 2. The summed E-state index contributed by atoms with van der Waals surface area (Å²) in [6.07, 6.45) is 3.72. The Morgan fingerprint density at radius 3 is 2.56 bits per heavy atom. The zero-order valence-corrected chi connectivity index (χ0v) is 18.7. The van der Waals surface area contributed by atoms with Gasteiger partial charge in [0.05, 0.1) is 6.61 Å². The van der Waals surface area contributed by atoms with Gasteiger partial charge < -0.3 is 25.0 Å². The second kappa shape index (κ2) is 12.7. The summed E-state index contributed by atoms with van der Waals surface area (Å²) in [7, 11) is 0. The van der Waals surface area contributed by atoms with Crippen LogP contribution in [0.5, 0.6) is 5.75 Å². The van der Waals surface area contributed by atoms with Crippen molar-refractivity contribution in [1.82, 2.24) is 5.32 Å². The van der Waals surface area contributed by atoms with Crippen molar-refractivity contribution in [2.24, 2.45) is 0 Å². The maximum Gasteiger partial charge on any atom is 0.246 e. The zero-order valence-electron chi connectivity index (χ0n) is 18.7. The van der Waals surface area contributed by atoms with Crippen LogP contribution in [0.3, 0.4) is 0 Å². The lowest BCUT2D eigenvalue weighted by molar-refractivity contribution is -0.130. The Morgan fingerprint density at radius 1 is 1.03 bits per heavy atom. The Morgan fingerprint density at radius 2 is 1.81 bits per heavy atom.